The third-order valence-corrected chi connectivity index (χ3v) is 10.8. The number of furan rings is 2. The number of fused-ring (bicyclic) bond motifs is 11. The number of anilines is 3. The van der Waals surface area contributed by atoms with E-state index in [1.807, 2.05) is 66.7 Å². The van der Waals surface area contributed by atoms with Gasteiger partial charge in [0.1, 0.15) is 27.8 Å². The van der Waals surface area contributed by atoms with Crippen LogP contribution >= 0.6 is 0 Å². The molecule has 0 saturated heterocycles. The molecule has 0 atom stereocenters. The van der Waals surface area contributed by atoms with E-state index < -0.39 is 0 Å². The molecular weight excluding hydrogens is 679 g/mol. The first-order valence-electron chi connectivity index (χ1n) is 18.4. The van der Waals surface area contributed by atoms with E-state index in [-0.39, 0.29) is 0 Å². The summed E-state index contributed by atoms with van der Waals surface area (Å²) in [7, 11) is 0. The molecule has 0 saturated carbocycles. The van der Waals surface area contributed by atoms with Crippen molar-refractivity contribution in [1.82, 2.24) is 9.55 Å². The molecule has 0 N–H and O–H groups in total. The summed E-state index contributed by atoms with van der Waals surface area (Å²) in [5, 5.41) is 6.18. The van der Waals surface area contributed by atoms with Gasteiger partial charge in [0.15, 0.2) is 5.58 Å². The second kappa shape index (κ2) is 11.5. The van der Waals surface area contributed by atoms with E-state index in [0.717, 1.165) is 99.5 Å². The molecule has 0 radical (unpaired) electrons. The Balaban J connectivity index is 1.27. The van der Waals surface area contributed by atoms with Crippen LogP contribution in [0.2, 0.25) is 0 Å². The molecule has 6 heteroatoms. The van der Waals surface area contributed by atoms with Gasteiger partial charge >= 0.3 is 0 Å². The first-order chi connectivity index (χ1) is 27.3. The summed E-state index contributed by atoms with van der Waals surface area (Å²) in [4.78, 5) is 7.57. The van der Waals surface area contributed by atoms with E-state index in [2.05, 4.69) is 119 Å². The van der Waals surface area contributed by atoms with Gasteiger partial charge in [-0.15, -0.1) is 0 Å². The van der Waals surface area contributed by atoms with Crippen LogP contribution in [0.25, 0.3) is 93.9 Å². The predicted octanol–water partition coefficient (Wildman–Crippen LogP) is 13.9. The van der Waals surface area contributed by atoms with E-state index in [0.29, 0.717) is 11.5 Å². The number of nitrogens with zero attached hydrogens (tertiary/aromatic N) is 3. The Labute approximate surface area is 313 Å². The normalized spacial score (nSPS) is 12.0. The topological polar surface area (TPSA) is 60.5 Å². The predicted molar refractivity (Wildman–Crippen MR) is 223 cm³/mol. The van der Waals surface area contributed by atoms with Gasteiger partial charge < -0.3 is 22.7 Å². The highest BCUT2D eigenvalue weighted by Gasteiger charge is 2.29. The van der Waals surface area contributed by atoms with Crippen molar-refractivity contribution in [3.05, 3.63) is 176 Å². The van der Waals surface area contributed by atoms with E-state index >= 15 is 0 Å². The van der Waals surface area contributed by atoms with E-state index in [1.54, 1.807) is 0 Å². The Morgan fingerprint density at radius 3 is 1.78 bits per heavy atom. The van der Waals surface area contributed by atoms with Crippen molar-refractivity contribution in [2.45, 2.75) is 0 Å². The van der Waals surface area contributed by atoms with Gasteiger partial charge in [-0.25, -0.2) is 4.98 Å². The lowest BCUT2D eigenvalue weighted by atomic mass is 10.0. The minimum atomic E-state index is 0.542. The van der Waals surface area contributed by atoms with Crippen LogP contribution in [-0.2, 0) is 0 Å². The molecule has 0 aliphatic rings. The number of oxazole rings is 1. The van der Waals surface area contributed by atoms with E-state index in [4.69, 9.17) is 18.2 Å². The van der Waals surface area contributed by atoms with Crippen molar-refractivity contribution in [3.8, 4) is 17.1 Å². The van der Waals surface area contributed by atoms with Crippen LogP contribution < -0.4 is 4.90 Å². The molecule has 0 aliphatic heterocycles. The van der Waals surface area contributed by atoms with Crippen LogP contribution in [0, 0.1) is 0 Å². The average Bonchev–Trinajstić information content (AvgIpc) is 4.02. The molecule has 12 rings (SSSR count). The first-order valence-corrected chi connectivity index (χ1v) is 18.4. The summed E-state index contributed by atoms with van der Waals surface area (Å²) in [6.45, 7) is 0. The lowest BCUT2D eigenvalue weighted by molar-refractivity contribution is 0.620. The summed E-state index contributed by atoms with van der Waals surface area (Å²) in [5.74, 6) is 0.542. The molecule has 0 spiro atoms. The summed E-state index contributed by atoms with van der Waals surface area (Å²) in [6.07, 6.45) is 0. The third kappa shape index (κ3) is 4.33. The van der Waals surface area contributed by atoms with Crippen molar-refractivity contribution >= 4 is 93.8 Å². The molecule has 6 nitrogen and oxygen atoms in total. The fraction of sp³-hybridized carbons (Fsp3) is 0. The Morgan fingerprint density at radius 1 is 0.418 bits per heavy atom. The van der Waals surface area contributed by atoms with Crippen molar-refractivity contribution < 1.29 is 13.3 Å². The van der Waals surface area contributed by atoms with Gasteiger partial charge in [0, 0.05) is 38.9 Å². The van der Waals surface area contributed by atoms with Gasteiger partial charge in [0.05, 0.1) is 38.9 Å². The maximum absolute atomic E-state index is 6.97. The maximum atomic E-state index is 6.97. The summed E-state index contributed by atoms with van der Waals surface area (Å²) >= 11 is 0. The molecule has 4 aromatic heterocycles. The fourth-order valence-electron chi connectivity index (χ4n) is 8.51. The van der Waals surface area contributed by atoms with Crippen molar-refractivity contribution in [1.29, 1.82) is 0 Å². The molecule has 0 unspecified atom stereocenters. The largest absolute Gasteiger partial charge is 0.456 e. The molecule has 12 aromatic rings. The maximum Gasteiger partial charge on any atom is 0.227 e. The highest BCUT2D eigenvalue weighted by molar-refractivity contribution is 6.24. The van der Waals surface area contributed by atoms with Crippen molar-refractivity contribution in [2.75, 3.05) is 4.90 Å². The van der Waals surface area contributed by atoms with Gasteiger partial charge in [-0.05, 0) is 66.7 Å². The zero-order valence-electron chi connectivity index (χ0n) is 29.3. The van der Waals surface area contributed by atoms with Gasteiger partial charge in [0.2, 0.25) is 5.89 Å². The monoisotopic (exact) mass is 707 g/mol. The lowest BCUT2D eigenvalue weighted by Crippen LogP contribution is -2.11. The Morgan fingerprint density at radius 2 is 1.00 bits per heavy atom. The molecule has 0 bridgehead atoms. The molecule has 55 heavy (non-hydrogen) atoms. The molecule has 0 fully saturated rings. The van der Waals surface area contributed by atoms with E-state index in [9.17, 15) is 0 Å². The van der Waals surface area contributed by atoms with Crippen molar-refractivity contribution in [2.24, 2.45) is 0 Å². The fourth-order valence-corrected chi connectivity index (χ4v) is 8.51. The van der Waals surface area contributed by atoms with Crippen LogP contribution in [0.15, 0.2) is 189 Å². The summed E-state index contributed by atoms with van der Waals surface area (Å²) in [6, 6.07) is 60.6. The molecular formula is C49H29N3O3. The molecule has 8 aromatic carbocycles. The van der Waals surface area contributed by atoms with Crippen LogP contribution in [0.3, 0.4) is 0 Å². The van der Waals surface area contributed by atoms with Gasteiger partial charge in [-0.1, -0.05) is 103 Å². The standard InChI is InChI=1S/C49H29N3O3/c1-3-15-30(16-4-1)49-50-47-46-34-21-9-12-27-41(34)54-43(46)29-39(48(47)55-49)52(38-25-14-28-42-45(38)33-20-8-11-26-40(33)53-42)37-24-13-23-36-44(37)32-19-7-10-22-35(32)51(36)31-17-5-2-6-18-31/h1-29H. The number of hydrogen-bond acceptors (Lipinski definition) is 5. The minimum absolute atomic E-state index is 0.542. The Kier molecular flexibility index (Phi) is 6.24. The SMILES string of the molecule is c1ccc(-c2nc3c(o2)c(N(c2cccc4oc5ccccc5c24)c2cccc4c2c2ccccc2n4-c2ccccc2)cc2oc4ccccc4c23)cc1. The zero-order valence-corrected chi connectivity index (χ0v) is 29.3. The lowest BCUT2D eigenvalue weighted by Gasteiger charge is -2.27. The number of benzene rings is 8. The van der Waals surface area contributed by atoms with Crippen LogP contribution in [0.4, 0.5) is 17.1 Å². The average molecular weight is 708 g/mol. The second-order valence-electron chi connectivity index (χ2n) is 13.9. The summed E-state index contributed by atoms with van der Waals surface area (Å²) in [5.41, 5.74) is 11.5. The number of para-hydroxylation sites is 4. The molecule has 0 amide bonds. The molecule has 258 valence electrons. The number of aromatic nitrogens is 2. The Bertz CT molecular complexity index is 3440. The van der Waals surface area contributed by atoms with Gasteiger partial charge in [0.25, 0.3) is 0 Å². The highest BCUT2D eigenvalue weighted by Crippen LogP contribution is 2.51. The summed E-state index contributed by atoms with van der Waals surface area (Å²) < 4.78 is 22.5. The molecule has 0 aliphatic carbocycles. The van der Waals surface area contributed by atoms with Crippen molar-refractivity contribution in [3.63, 3.8) is 0 Å². The van der Waals surface area contributed by atoms with Crippen LogP contribution in [0.1, 0.15) is 0 Å². The molecule has 4 heterocycles. The first kappa shape index (κ1) is 29.9. The number of hydrogen-bond donors (Lipinski definition) is 0. The highest BCUT2D eigenvalue weighted by atomic mass is 16.4. The van der Waals surface area contributed by atoms with Gasteiger partial charge in [-0.2, -0.15) is 0 Å². The minimum Gasteiger partial charge on any atom is -0.456 e. The van der Waals surface area contributed by atoms with E-state index in [1.165, 1.54) is 0 Å². The second-order valence-corrected chi connectivity index (χ2v) is 13.9. The smallest absolute Gasteiger partial charge is 0.227 e. The number of rotatable bonds is 5. The Hall–Kier alpha value is -7.57. The van der Waals surface area contributed by atoms with Crippen LogP contribution in [-0.4, -0.2) is 9.55 Å². The van der Waals surface area contributed by atoms with Gasteiger partial charge in [-0.3, -0.25) is 0 Å². The third-order valence-electron chi connectivity index (χ3n) is 10.8. The quantitative estimate of drug-likeness (QED) is 0.178. The zero-order chi connectivity index (χ0) is 36.0. The van der Waals surface area contributed by atoms with Crippen LogP contribution in [0.5, 0.6) is 0 Å².